The number of hydrogen-bond acceptors (Lipinski definition) is 3. The standard InChI is InChI=1S/C24H36N2O2.ClH/c1-3-25(2)24(27)28-23-11-7-10-19-20-15-17-26(22(20)13-12-21(19)23)16-14-18-8-5-4-6-9-18;/h7,10-11,18,20,22H,3-6,8-9,12-17H2,1-2H3;1H/t20-,22+;/m0./s1. The third-order valence-electron chi connectivity index (χ3n) is 7.45. The fraction of sp³-hybridized carbons (Fsp3) is 0.708. The second kappa shape index (κ2) is 10.2. The number of benzene rings is 1. The Balaban J connectivity index is 0.00000240. The van der Waals surface area contributed by atoms with E-state index in [1.165, 1.54) is 75.6 Å². The molecule has 2 atom stereocenters. The number of carbonyl (C=O) groups excluding carboxylic acids is 1. The van der Waals surface area contributed by atoms with Crippen molar-refractivity contribution in [2.24, 2.45) is 5.92 Å². The zero-order chi connectivity index (χ0) is 19.5. The molecule has 0 N–H and O–H groups in total. The van der Waals surface area contributed by atoms with Gasteiger partial charge in [0.1, 0.15) is 5.75 Å². The van der Waals surface area contributed by atoms with E-state index in [0.717, 1.165) is 18.1 Å². The van der Waals surface area contributed by atoms with Crippen molar-refractivity contribution in [3.05, 3.63) is 29.3 Å². The lowest BCUT2D eigenvalue weighted by Gasteiger charge is -2.35. The highest BCUT2D eigenvalue weighted by Gasteiger charge is 2.39. The number of rotatable bonds is 5. The molecule has 1 aromatic rings. The molecule has 162 valence electrons. The maximum absolute atomic E-state index is 12.2. The lowest BCUT2D eigenvalue weighted by atomic mass is 9.79. The van der Waals surface area contributed by atoms with Crippen LogP contribution in [0.15, 0.2) is 18.2 Å². The molecule has 0 aromatic heterocycles. The highest BCUT2D eigenvalue weighted by Crippen LogP contribution is 2.44. The molecular formula is C24H37ClN2O2. The van der Waals surface area contributed by atoms with Crippen LogP contribution in [0.3, 0.4) is 0 Å². The first-order chi connectivity index (χ1) is 13.7. The number of carbonyl (C=O) groups is 1. The molecule has 4 nitrogen and oxygen atoms in total. The number of nitrogens with zero attached hydrogens (tertiary/aromatic N) is 2. The molecule has 1 aromatic carbocycles. The summed E-state index contributed by atoms with van der Waals surface area (Å²) in [5.41, 5.74) is 2.71. The van der Waals surface area contributed by atoms with Gasteiger partial charge < -0.3 is 9.64 Å². The average Bonchev–Trinajstić information content (AvgIpc) is 3.16. The summed E-state index contributed by atoms with van der Waals surface area (Å²) in [6.07, 6.45) is 11.8. The number of amides is 1. The summed E-state index contributed by atoms with van der Waals surface area (Å²) >= 11 is 0. The Morgan fingerprint density at radius 2 is 1.97 bits per heavy atom. The molecule has 1 aliphatic heterocycles. The third-order valence-corrected chi connectivity index (χ3v) is 7.45. The third kappa shape index (κ3) is 4.91. The molecule has 0 spiro atoms. The summed E-state index contributed by atoms with van der Waals surface area (Å²) in [5, 5.41) is 0. The van der Waals surface area contributed by atoms with E-state index in [4.69, 9.17) is 4.74 Å². The van der Waals surface area contributed by atoms with Gasteiger partial charge in [-0.2, -0.15) is 0 Å². The molecular weight excluding hydrogens is 384 g/mol. The van der Waals surface area contributed by atoms with Crippen molar-refractivity contribution in [3.63, 3.8) is 0 Å². The fourth-order valence-corrected chi connectivity index (χ4v) is 5.65. The van der Waals surface area contributed by atoms with Gasteiger partial charge in [-0.3, -0.25) is 4.90 Å². The van der Waals surface area contributed by atoms with E-state index >= 15 is 0 Å². The van der Waals surface area contributed by atoms with Gasteiger partial charge in [-0.15, -0.1) is 12.4 Å². The lowest BCUT2D eigenvalue weighted by Crippen LogP contribution is -2.36. The Morgan fingerprint density at radius 3 is 2.72 bits per heavy atom. The maximum atomic E-state index is 12.2. The maximum Gasteiger partial charge on any atom is 0.414 e. The van der Waals surface area contributed by atoms with Crippen molar-refractivity contribution >= 4 is 18.5 Å². The second-order valence-corrected chi connectivity index (χ2v) is 9.04. The Hall–Kier alpha value is -1.26. The van der Waals surface area contributed by atoms with Crippen molar-refractivity contribution in [1.29, 1.82) is 0 Å². The molecule has 29 heavy (non-hydrogen) atoms. The zero-order valence-electron chi connectivity index (χ0n) is 18.1. The lowest BCUT2D eigenvalue weighted by molar-refractivity contribution is 0.164. The molecule has 3 aliphatic rings. The summed E-state index contributed by atoms with van der Waals surface area (Å²) in [6.45, 7) is 5.13. The largest absolute Gasteiger partial charge is 0.414 e. The minimum atomic E-state index is -0.251. The van der Waals surface area contributed by atoms with Gasteiger partial charge in [-0.1, -0.05) is 44.2 Å². The van der Waals surface area contributed by atoms with Crippen molar-refractivity contribution in [2.45, 2.75) is 76.7 Å². The van der Waals surface area contributed by atoms with Gasteiger partial charge >= 0.3 is 6.09 Å². The van der Waals surface area contributed by atoms with Crippen molar-refractivity contribution in [1.82, 2.24) is 9.80 Å². The molecule has 1 saturated carbocycles. The Morgan fingerprint density at radius 1 is 1.17 bits per heavy atom. The van der Waals surface area contributed by atoms with Crippen LogP contribution in [0.25, 0.3) is 0 Å². The highest BCUT2D eigenvalue weighted by atomic mass is 35.5. The van der Waals surface area contributed by atoms with Gasteiger partial charge in [0, 0.05) is 25.6 Å². The van der Waals surface area contributed by atoms with Crippen molar-refractivity contribution in [3.8, 4) is 5.75 Å². The van der Waals surface area contributed by atoms with Crippen LogP contribution in [-0.4, -0.2) is 48.6 Å². The van der Waals surface area contributed by atoms with Crippen LogP contribution >= 0.6 is 12.4 Å². The predicted molar refractivity (Wildman–Crippen MR) is 120 cm³/mol. The number of hydrogen-bond donors (Lipinski definition) is 0. The van der Waals surface area contributed by atoms with Gasteiger partial charge in [-0.05, 0) is 68.8 Å². The fourth-order valence-electron chi connectivity index (χ4n) is 5.65. The minimum Gasteiger partial charge on any atom is -0.410 e. The van der Waals surface area contributed by atoms with Gasteiger partial charge in [-0.25, -0.2) is 4.79 Å². The summed E-state index contributed by atoms with van der Waals surface area (Å²) in [6, 6.07) is 6.99. The molecule has 2 aliphatic carbocycles. The van der Waals surface area contributed by atoms with Gasteiger partial charge in [0.2, 0.25) is 0 Å². The first-order valence-electron chi connectivity index (χ1n) is 11.5. The van der Waals surface area contributed by atoms with Crippen LogP contribution in [0.5, 0.6) is 5.75 Å². The Kier molecular flexibility index (Phi) is 7.86. The average molecular weight is 421 g/mol. The SMILES string of the molecule is CCN(C)C(=O)Oc1cccc2c1CC[C@@H]1[C@H]2CCN1CCC1CCCCC1.Cl. The Labute approximate surface area is 182 Å². The molecule has 0 unspecified atom stereocenters. The van der Waals surface area contributed by atoms with Gasteiger partial charge in [0.15, 0.2) is 0 Å². The zero-order valence-corrected chi connectivity index (χ0v) is 18.9. The van der Waals surface area contributed by atoms with Crippen LogP contribution in [0.2, 0.25) is 0 Å². The molecule has 0 radical (unpaired) electrons. The monoisotopic (exact) mass is 420 g/mol. The van der Waals surface area contributed by atoms with E-state index in [0.29, 0.717) is 18.5 Å². The van der Waals surface area contributed by atoms with Crippen molar-refractivity contribution in [2.75, 3.05) is 26.7 Å². The second-order valence-electron chi connectivity index (χ2n) is 9.04. The van der Waals surface area contributed by atoms with Gasteiger partial charge in [0.25, 0.3) is 0 Å². The minimum absolute atomic E-state index is 0. The number of likely N-dealkylation sites (tertiary alicyclic amines) is 1. The highest BCUT2D eigenvalue weighted by molar-refractivity contribution is 5.85. The molecule has 1 heterocycles. The molecule has 2 fully saturated rings. The van der Waals surface area contributed by atoms with Gasteiger partial charge in [0.05, 0.1) is 0 Å². The topological polar surface area (TPSA) is 32.8 Å². The first kappa shape index (κ1) is 22.4. The van der Waals surface area contributed by atoms with E-state index in [-0.39, 0.29) is 18.5 Å². The summed E-state index contributed by atoms with van der Waals surface area (Å²) < 4.78 is 5.74. The van der Waals surface area contributed by atoms with E-state index < -0.39 is 0 Å². The van der Waals surface area contributed by atoms with Crippen LogP contribution < -0.4 is 4.74 Å². The molecule has 1 saturated heterocycles. The molecule has 5 heteroatoms. The quantitative estimate of drug-likeness (QED) is 0.618. The molecule has 0 bridgehead atoms. The number of ether oxygens (including phenoxy) is 1. The van der Waals surface area contributed by atoms with Crippen LogP contribution in [0, 0.1) is 5.92 Å². The summed E-state index contributed by atoms with van der Waals surface area (Å²) in [4.78, 5) is 16.6. The van der Waals surface area contributed by atoms with E-state index in [9.17, 15) is 4.79 Å². The summed E-state index contributed by atoms with van der Waals surface area (Å²) in [7, 11) is 1.79. The Bertz CT molecular complexity index is 689. The predicted octanol–water partition coefficient (Wildman–Crippen LogP) is 5.63. The smallest absolute Gasteiger partial charge is 0.410 e. The summed E-state index contributed by atoms with van der Waals surface area (Å²) in [5.74, 6) is 2.35. The molecule has 1 amide bonds. The van der Waals surface area contributed by atoms with Crippen LogP contribution in [0.4, 0.5) is 4.79 Å². The van der Waals surface area contributed by atoms with E-state index in [1.807, 2.05) is 13.0 Å². The first-order valence-corrected chi connectivity index (χ1v) is 11.5. The van der Waals surface area contributed by atoms with Crippen LogP contribution in [-0.2, 0) is 6.42 Å². The number of halogens is 1. The van der Waals surface area contributed by atoms with Crippen molar-refractivity contribution < 1.29 is 9.53 Å². The normalized spacial score (nSPS) is 24.3. The van der Waals surface area contributed by atoms with E-state index in [1.54, 1.807) is 11.9 Å². The molecule has 4 rings (SSSR count). The number of fused-ring (bicyclic) bond motifs is 3. The van der Waals surface area contributed by atoms with Crippen LogP contribution in [0.1, 0.15) is 75.3 Å². The van der Waals surface area contributed by atoms with E-state index in [2.05, 4.69) is 17.0 Å².